The van der Waals surface area contributed by atoms with Crippen molar-refractivity contribution in [2.75, 3.05) is 23.8 Å². The molecule has 254 valence electrons. The first-order chi connectivity index (χ1) is 21.5. The molecule has 3 aromatic rings. The molecule has 0 aliphatic heterocycles. The van der Waals surface area contributed by atoms with Crippen LogP contribution in [0.5, 0.6) is 0 Å². The van der Waals surface area contributed by atoms with E-state index >= 15 is 0 Å². The molecule has 20 nitrogen and oxygen atoms in total. The van der Waals surface area contributed by atoms with Gasteiger partial charge in [-0.15, -0.1) is 20.5 Å². The van der Waals surface area contributed by atoms with E-state index in [1.165, 1.54) is 12.1 Å². The minimum atomic E-state index is -5.41. The summed E-state index contributed by atoms with van der Waals surface area (Å²) in [7, 11) is -24.6. The number of anilines is 2. The number of nitrogens with two attached hydrogens (primary N) is 2. The van der Waals surface area contributed by atoms with Crippen LogP contribution in [-0.4, -0.2) is 68.1 Å². The second-order valence-electron chi connectivity index (χ2n) is 8.74. The Bertz CT molecular complexity index is 2390. The zero-order valence-electron chi connectivity index (χ0n) is 26.0. The summed E-state index contributed by atoms with van der Waals surface area (Å²) in [5, 5.41) is 15.0. The summed E-state index contributed by atoms with van der Waals surface area (Å²) in [6, 6.07) is 7.31. The van der Waals surface area contributed by atoms with Gasteiger partial charge in [0, 0.05) is 5.41 Å². The third-order valence-electron chi connectivity index (χ3n) is 5.64. The summed E-state index contributed by atoms with van der Waals surface area (Å²) >= 11 is 0. The van der Waals surface area contributed by atoms with Crippen molar-refractivity contribution in [3.05, 3.63) is 60.5 Å². The number of azo groups is 2. The van der Waals surface area contributed by atoms with Gasteiger partial charge in [0.1, 0.15) is 43.0 Å². The van der Waals surface area contributed by atoms with E-state index in [9.17, 15) is 55.7 Å². The minimum absolute atomic E-state index is 0. The molecule has 0 unspecified atom stereocenters. The number of nitrogens with zero attached hydrogens (tertiary/aromatic N) is 4. The number of hydrogen-bond donors (Lipinski definition) is 2. The minimum Gasteiger partial charge on any atom is -0.744 e. The average molecular weight is 821 g/mol. The maximum atomic E-state index is 12.8. The van der Waals surface area contributed by atoms with Crippen LogP contribution in [-0.2, 0) is 54.5 Å². The summed E-state index contributed by atoms with van der Waals surface area (Å²) in [5.74, 6) is -0.999. The van der Waals surface area contributed by atoms with Crippen LogP contribution < -0.4 is 100 Å². The number of hydrogen-bond acceptors (Lipinski definition) is 20. The summed E-state index contributed by atoms with van der Waals surface area (Å²) in [6.45, 7) is 2.04. The normalized spacial score (nSPS) is 12.5. The van der Waals surface area contributed by atoms with E-state index in [1.807, 2.05) is 0 Å². The van der Waals surface area contributed by atoms with Crippen molar-refractivity contribution in [2.45, 2.75) is 19.6 Å². The van der Waals surface area contributed by atoms with Gasteiger partial charge in [0.2, 0.25) is 10.4 Å². The molecule has 0 amide bonds. The van der Waals surface area contributed by atoms with Crippen molar-refractivity contribution in [3.8, 4) is 0 Å². The van der Waals surface area contributed by atoms with E-state index in [-0.39, 0.29) is 88.7 Å². The maximum Gasteiger partial charge on any atom is 1.00 e. The molecule has 0 atom stereocenters. The van der Waals surface area contributed by atoms with E-state index in [4.69, 9.17) is 11.5 Å². The largest absolute Gasteiger partial charge is 1.00 e. The number of rotatable bonds is 13. The third-order valence-corrected chi connectivity index (χ3v) is 10.9. The second kappa shape index (κ2) is 18.7. The second-order valence-corrected chi connectivity index (χ2v) is 16.5. The molecule has 0 heterocycles. The van der Waals surface area contributed by atoms with Gasteiger partial charge < -0.3 is 25.1 Å². The van der Waals surface area contributed by atoms with Crippen molar-refractivity contribution >= 4 is 84.4 Å². The third kappa shape index (κ3) is 12.7. The predicted octanol–water partition coefficient (Wildman–Crippen LogP) is -7.33. The Morgan fingerprint density at radius 3 is 1.72 bits per heavy atom. The van der Waals surface area contributed by atoms with Gasteiger partial charge in [-0.2, -0.15) is 0 Å². The molecule has 4 N–H and O–H groups in total. The Morgan fingerprint density at radius 2 is 1.18 bits per heavy atom. The van der Waals surface area contributed by atoms with Gasteiger partial charge in [0.15, 0.2) is 19.7 Å². The van der Waals surface area contributed by atoms with Crippen LogP contribution in [0.3, 0.4) is 0 Å². The molecule has 50 heavy (non-hydrogen) atoms. The monoisotopic (exact) mass is 820 g/mol. The van der Waals surface area contributed by atoms with Gasteiger partial charge >= 0.3 is 88.7 Å². The molecule has 0 aromatic heterocycles. The molecular formula is C22H19N6Na3O14S5. The van der Waals surface area contributed by atoms with Crippen LogP contribution in [0.4, 0.5) is 34.1 Å². The van der Waals surface area contributed by atoms with Crippen LogP contribution in [0.2, 0.25) is 0 Å². The van der Waals surface area contributed by atoms with Crippen molar-refractivity contribution in [1.82, 2.24) is 0 Å². The molecule has 3 aromatic carbocycles. The molecule has 0 aliphatic carbocycles. The molecule has 28 heteroatoms. The van der Waals surface area contributed by atoms with Crippen LogP contribution in [0.15, 0.2) is 101 Å². The van der Waals surface area contributed by atoms with Gasteiger partial charge in [-0.05, 0) is 36.4 Å². The van der Waals surface area contributed by atoms with Crippen LogP contribution in [0.1, 0.15) is 0 Å². The summed E-state index contributed by atoms with van der Waals surface area (Å²) in [4.78, 5) is -3.53. The topological polar surface area (TPSA) is 351 Å². The van der Waals surface area contributed by atoms with Crippen molar-refractivity contribution in [1.29, 1.82) is 0 Å². The molecule has 0 aliphatic rings. The quantitative estimate of drug-likeness (QED) is 0.0532. The van der Waals surface area contributed by atoms with Crippen LogP contribution in [0.25, 0.3) is 0 Å². The van der Waals surface area contributed by atoms with Crippen molar-refractivity contribution in [2.24, 2.45) is 20.5 Å². The fourth-order valence-corrected chi connectivity index (χ4v) is 7.17. The molecule has 0 bridgehead atoms. The molecule has 3 rings (SSSR count). The SMILES string of the molecule is C=CS(=O)(=O)c1ccc(N=Nc2cc(S(=O)(=O)[O-])c(N)c(N=Nc3ccccc3S(=O)(=O)CCOS(=O)(=O)[O-])c2N)c(S(=O)(=O)[O-])c1.[Na+].[Na+].[Na+]. The molecule has 0 saturated heterocycles. The first-order valence-corrected chi connectivity index (χ1v) is 19.2. The molecule has 0 fully saturated rings. The number of sulfone groups is 2. The summed E-state index contributed by atoms with van der Waals surface area (Å²) < 4.78 is 157. The Balaban J connectivity index is 0.00000800. The fourth-order valence-electron chi connectivity index (χ4n) is 3.48. The zero-order valence-corrected chi connectivity index (χ0v) is 36.1. The molecule has 0 radical (unpaired) electrons. The number of benzene rings is 3. The summed E-state index contributed by atoms with van der Waals surface area (Å²) in [5.41, 5.74) is 7.66. The Morgan fingerprint density at radius 1 is 0.660 bits per heavy atom. The molecule has 0 spiro atoms. The maximum absolute atomic E-state index is 12.8. The van der Waals surface area contributed by atoms with Crippen molar-refractivity contribution < 1.29 is 149 Å². The molecule has 0 saturated carbocycles. The zero-order chi connectivity index (χ0) is 35.6. The Labute approximate surface area is 353 Å². The number of nitrogen functional groups attached to an aromatic ring is 2. The van der Waals surface area contributed by atoms with Crippen molar-refractivity contribution in [3.63, 3.8) is 0 Å². The first-order valence-electron chi connectivity index (χ1n) is 11.9. The van der Waals surface area contributed by atoms with Gasteiger partial charge in [0.25, 0.3) is 0 Å². The summed E-state index contributed by atoms with van der Waals surface area (Å²) in [6.07, 6.45) is 0. The van der Waals surface area contributed by atoms with E-state index in [1.54, 1.807) is 0 Å². The van der Waals surface area contributed by atoms with Gasteiger partial charge in [0.05, 0.1) is 43.3 Å². The van der Waals surface area contributed by atoms with E-state index in [2.05, 4.69) is 31.2 Å². The first kappa shape index (κ1) is 48.8. The van der Waals surface area contributed by atoms with Crippen LogP contribution in [0, 0.1) is 0 Å². The van der Waals surface area contributed by atoms with Crippen LogP contribution >= 0.6 is 0 Å². The van der Waals surface area contributed by atoms with E-state index in [0.717, 1.165) is 24.3 Å². The van der Waals surface area contributed by atoms with E-state index in [0.29, 0.717) is 17.5 Å². The Kier molecular flexibility index (Phi) is 18.3. The van der Waals surface area contributed by atoms with Gasteiger partial charge in [-0.1, -0.05) is 18.7 Å². The average Bonchev–Trinajstić information content (AvgIpc) is 2.94. The Hall–Kier alpha value is -1.21. The fraction of sp³-hybridized carbons (Fsp3) is 0.0909. The van der Waals surface area contributed by atoms with Gasteiger partial charge in [-0.25, -0.2) is 42.1 Å². The molecular weight excluding hydrogens is 802 g/mol. The predicted molar refractivity (Wildman–Crippen MR) is 158 cm³/mol. The standard InChI is InChI=1S/C22H22N6O14S5.3Na/c1-2-43(29,30)13-7-8-15(18(11-13)45(33,34)35)25-27-16-12-19(46(36,37)38)21(24)22(20(16)23)28-26-14-5-3-4-6-17(14)44(31,32)10-9-42-47(39,40)41;;;/h2-8,11-12H,1,9-10,23-24H2,(H,33,34,35)(H,36,37,38)(H,39,40,41);;;/q;3*+1/p-3. The van der Waals surface area contributed by atoms with E-state index < -0.39 is 116 Å². The van der Waals surface area contributed by atoms with Gasteiger partial charge in [-0.3, -0.25) is 4.18 Å². The smallest absolute Gasteiger partial charge is 0.744 e.